The van der Waals surface area contributed by atoms with E-state index in [1.807, 2.05) is 6.92 Å². The normalized spacial score (nSPS) is 10.5. The molecule has 3 rings (SSSR count). The topological polar surface area (TPSA) is 85.1 Å². The van der Waals surface area contributed by atoms with Gasteiger partial charge in [-0.3, -0.25) is 14.9 Å². The quantitative estimate of drug-likeness (QED) is 0.741. The first-order valence-corrected chi connectivity index (χ1v) is 7.67. The molecular weight excluding hydrogens is 314 g/mol. The molecular formula is C16H13N3O3S. The molecule has 0 unspecified atom stereocenters. The Morgan fingerprint density at radius 3 is 2.43 bits per heavy atom. The largest absolute Gasteiger partial charge is 0.451 e. The van der Waals surface area contributed by atoms with Gasteiger partial charge in [-0.05, 0) is 26.0 Å². The zero-order valence-corrected chi connectivity index (χ0v) is 13.3. The second-order valence-electron chi connectivity index (χ2n) is 4.88. The number of ketones is 1. The van der Waals surface area contributed by atoms with Crippen molar-refractivity contribution < 1.29 is 14.0 Å². The number of aromatic nitrogens is 2. The number of carbonyl (C=O) groups excluding carboxylic acids is 2. The van der Waals surface area contributed by atoms with Crippen LogP contribution in [0.3, 0.4) is 0 Å². The van der Waals surface area contributed by atoms with Crippen molar-refractivity contribution in [1.82, 2.24) is 10.2 Å². The Labute approximate surface area is 136 Å². The second-order valence-corrected chi connectivity index (χ2v) is 6.06. The van der Waals surface area contributed by atoms with Crippen LogP contribution in [0.15, 0.2) is 40.8 Å². The van der Waals surface area contributed by atoms with Gasteiger partial charge in [-0.1, -0.05) is 35.6 Å². The van der Waals surface area contributed by atoms with Gasteiger partial charge >= 0.3 is 0 Å². The van der Waals surface area contributed by atoms with Crippen LogP contribution in [0.2, 0.25) is 0 Å². The lowest BCUT2D eigenvalue weighted by Crippen LogP contribution is -2.10. The SMILES string of the molecule is CC(=O)c1ccc(-c2ccc(C(=O)Nc3nnc(C)s3)o2)cc1. The summed E-state index contributed by atoms with van der Waals surface area (Å²) in [5.41, 5.74) is 1.42. The number of amides is 1. The van der Waals surface area contributed by atoms with E-state index >= 15 is 0 Å². The van der Waals surface area contributed by atoms with Crippen molar-refractivity contribution in [1.29, 1.82) is 0 Å². The summed E-state index contributed by atoms with van der Waals surface area (Å²) < 4.78 is 5.57. The standard InChI is InChI=1S/C16H13N3O3S/c1-9(20)11-3-5-12(6-4-11)13-7-8-14(22-13)15(21)17-16-19-18-10(2)23-16/h3-8H,1-2H3,(H,17,19,21). The molecule has 0 aliphatic carbocycles. The van der Waals surface area contributed by atoms with Crippen LogP contribution in [0, 0.1) is 6.92 Å². The molecule has 0 aliphatic rings. The van der Waals surface area contributed by atoms with Crippen LogP contribution < -0.4 is 5.32 Å². The lowest BCUT2D eigenvalue weighted by atomic mass is 10.1. The number of aryl methyl sites for hydroxylation is 1. The minimum atomic E-state index is -0.382. The Balaban J connectivity index is 1.77. The maximum atomic E-state index is 12.1. The number of furan rings is 1. The second kappa shape index (κ2) is 6.13. The van der Waals surface area contributed by atoms with Gasteiger partial charge in [0.1, 0.15) is 10.8 Å². The number of benzene rings is 1. The fourth-order valence-corrected chi connectivity index (χ4v) is 2.58. The third kappa shape index (κ3) is 3.35. The fourth-order valence-electron chi connectivity index (χ4n) is 1.99. The van der Waals surface area contributed by atoms with Crippen molar-refractivity contribution in [2.24, 2.45) is 0 Å². The first-order chi connectivity index (χ1) is 11.0. The number of nitrogens with zero attached hydrogens (tertiary/aromatic N) is 2. The summed E-state index contributed by atoms with van der Waals surface area (Å²) in [5.74, 6) is 0.360. The van der Waals surface area contributed by atoms with Gasteiger partial charge in [-0.25, -0.2) is 0 Å². The minimum absolute atomic E-state index is 0.00316. The molecule has 7 heteroatoms. The van der Waals surface area contributed by atoms with Crippen LogP contribution in [0.5, 0.6) is 0 Å². The van der Waals surface area contributed by atoms with Gasteiger partial charge in [0, 0.05) is 11.1 Å². The molecule has 116 valence electrons. The zero-order chi connectivity index (χ0) is 16.4. The van der Waals surface area contributed by atoms with Crippen LogP contribution in [-0.2, 0) is 0 Å². The first-order valence-electron chi connectivity index (χ1n) is 6.85. The Morgan fingerprint density at radius 2 is 1.83 bits per heavy atom. The van der Waals surface area contributed by atoms with E-state index < -0.39 is 0 Å². The molecule has 1 aromatic carbocycles. The summed E-state index contributed by atoms with van der Waals surface area (Å²) in [7, 11) is 0. The third-order valence-electron chi connectivity index (χ3n) is 3.15. The molecule has 0 saturated carbocycles. The molecule has 23 heavy (non-hydrogen) atoms. The highest BCUT2D eigenvalue weighted by Crippen LogP contribution is 2.23. The smallest absolute Gasteiger partial charge is 0.293 e. The molecule has 0 atom stereocenters. The molecule has 0 saturated heterocycles. The molecule has 0 bridgehead atoms. The average molecular weight is 327 g/mol. The average Bonchev–Trinajstić information content (AvgIpc) is 3.16. The predicted molar refractivity (Wildman–Crippen MR) is 86.7 cm³/mol. The van der Waals surface area contributed by atoms with Gasteiger partial charge in [-0.15, -0.1) is 10.2 Å². The van der Waals surface area contributed by atoms with Crippen LogP contribution in [0.1, 0.15) is 32.8 Å². The molecule has 0 spiro atoms. The lowest BCUT2D eigenvalue weighted by Gasteiger charge is -2.00. The van der Waals surface area contributed by atoms with Crippen molar-refractivity contribution >= 4 is 28.2 Å². The molecule has 2 heterocycles. The first kappa shape index (κ1) is 15.1. The van der Waals surface area contributed by atoms with E-state index in [2.05, 4.69) is 15.5 Å². The van der Waals surface area contributed by atoms with Gasteiger partial charge in [0.2, 0.25) is 5.13 Å². The molecule has 2 aromatic heterocycles. The maximum absolute atomic E-state index is 12.1. The van der Waals surface area contributed by atoms with Crippen molar-refractivity contribution in [3.8, 4) is 11.3 Å². The highest BCUT2D eigenvalue weighted by molar-refractivity contribution is 7.15. The van der Waals surface area contributed by atoms with Crippen molar-refractivity contribution in [3.63, 3.8) is 0 Å². The number of nitrogens with one attached hydrogen (secondary N) is 1. The monoisotopic (exact) mass is 327 g/mol. The van der Waals surface area contributed by atoms with E-state index in [0.29, 0.717) is 16.5 Å². The molecule has 1 N–H and O–H groups in total. The Morgan fingerprint density at radius 1 is 1.09 bits per heavy atom. The van der Waals surface area contributed by atoms with Crippen LogP contribution in [0.25, 0.3) is 11.3 Å². The number of carbonyl (C=O) groups is 2. The van der Waals surface area contributed by atoms with E-state index in [0.717, 1.165) is 10.6 Å². The summed E-state index contributed by atoms with van der Waals surface area (Å²) in [5, 5.41) is 11.5. The van der Waals surface area contributed by atoms with Crippen molar-refractivity contribution in [2.75, 3.05) is 5.32 Å². The molecule has 6 nitrogen and oxygen atoms in total. The van der Waals surface area contributed by atoms with Gasteiger partial charge in [0.25, 0.3) is 5.91 Å². The summed E-state index contributed by atoms with van der Waals surface area (Å²) in [6, 6.07) is 10.3. The van der Waals surface area contributed by atoms with Crippen LogP contribution >= 0.6 is 11.3 Å². The zero-order valence-electron chi connectivity index (χ0n) is 12.5. The van der Waals surface area contributed by atoms with Gasteiger partial charge in [-0.2, -0.15) is 0 Å². The number of hydrogen-bond donors (Lipinski definition) is 1. The van der Waals surface area contributed by atoms with Crippen molar-refractivity contribution in [3.05, 3.63) is 52.7 Å². The highest BCUT2D eigenvalue weighted by atomic mass is 32.1. The molecule has 0 fully saturated rings. The Hall–Kier alpha value is -2.80. The molecule has 0 radical (unpaired) electrons. The molecule has 0 aliphatic heterocycles. The molecule has 1 amide bonds. The van der Waals surface area contributed by atoms with E-state index in [1.165, 1.54) is 18.3 Å². The molecule has 3 aromatic rings. The highest BCUT2D eigenvalue weighted by Gasteiger charge is 2.14. The Kier molecular flexibility index (Phi) is 4.03. The summed E-state index contributed by atoms with van der Waals surface area (Å²) in [4.78, 5) is 23.4. The van der Waals surface area contributed by atoms with Gasteiger partial charge in [0.15, 0.2) is 11.5 Å². The lowest BCUT2D eigenvalue weighted by molar-refractivity contribution is 0.0994. The van der Waals surface area contributed by atoms with Crippen LogP contribution in [0.4, 0.5) is 5.13 Å². The maximum Gasteiger partial charge on any atom is 0.293 e. The van der Waals surface area contributed by atoms with E-state index in [-0.39, 0.29) is 17.5 Å². The number of Topliss-reactive ketones (excluding diaryl/α,β-unsaturated/α-hetero) is 1. The van der Waals surface area contributed by atoms with Crippen molar-refractivity contribution in [2.45, 2.75) is 13.8 Å². The number of rotatable bonds is 4. The number of hydrogen-bond acceptors (Lipinski definition) is 6. The summed E-state index contributed by atoms with van der Waals surface area (Å²) in [6.45, 7) is 3.32. The van der Waals surface area contributed by atoms with Gasteiger partial charge < -0.3 is 4.42 Å². The summed E-state index contributed by atoms with van der Waals surface area (Å²) >= 11 is 1.29. The number of anilines is 1. The van der Waals surface area contributed by atoms with Gasteiger partial charge in [0.05, 0.1) is 0 Å². The fraction of sp³-hybridized carbons (Fsp3) is 0.125. The minimum Gasteiger partial charge on any atom is -0.451 e. The predicted octanol–water partition coefficient (Wildman–Crippen LogP) is 3.56. The third-order valence-corrected chi connectivity index (χ3v) is 3.91. The van der Waals surface area contributed by atoms with E-state index in [4.69, 9.17) is 4.42 Å². The summed E-state index contributed by atoms with van der Waals surface area (Å²) in [6.07, 6.45) is 0. The van der Waals surface area contributed by atoms with Crippen LogP contribution in [-0.4, -0.2) is 21.9 Å². The van der Waals surface area contributed by atoms with E-state index in [1.54, 1.807) is 36.4 Å². The van der Waals surface area contributed by atoms with E-state index in [9.17, 15) is 9.59 Å². The Bertz CT molecular complexity index is 865.